The number of rotatable bonds is 6. The molecule has 0 unspecified atom stereocenters. The lowest BCUT2D eigenvalue weighted by atomic mass is 10.2. The summed E-state index contributed by atoms with van der Waals surface area (Å²) in [6.45, 7) is 2.02. The van der Waals surface area contributed by atoms with Crippen LogP contribution in [0.1, 0.15) is 11.1 Å². The summed E-state index contributed by atoms with van der Waals surface area (Å²) in [5.41, 5.74) is 2.19. The number of aryl methyl sites for hydroxylation is 1. The van der Waals surface area contributed by atoms with E-state index in [1.54, 1.807) is 12.1 Å². The molecule has 0 saturated carbocycles. The third kappa shape index (κ3) is 5.20. The maximum absolute atomic E-state index is 13.4. The first kappa shape index (κ1) is 23.3. The van der Waals surface area contributed by atoms with Gasteiger partial charge in [-0.15, -0.1) is 4.40 Å². The van der Waals surface area contributed by atoms with Crippen LogP contribution in [0.25, 0.3) is 0 Å². The molecule has 1 aliphatic rings. The zero-order chi connectivity index (χ0) is 23.6. The van der Waals surface area contributed by atoms with Crippen LogP contribution in [-0.4, -0.2) is 27.3 Å². The van der Waals surface area contributed by atoms with Crippen LogP contribution in [-0.2, 0) is 27.7 Å². The summed E-state index contributed by atoms with van der Waals surface area (Å²) in [6, 6.07) is 21.3. The molecule has 1 aliphatic heterocycles. The Balaban J connectivity index is 1.71. The highest BCUT2D eigenvalue weighted by Crippen LogP contribution is 2.37. The molecule has 0 radical (unpaired) electrons. The van der Waals surface area contributed by atoms with Crippen LogP contribution >= 0.6 is 11.9 Å². The minimum Gasteiger partial charge on any atom is -0.733 e. The lowest BCUT2D eigenvalue weighted by Gasteiger charge is -2.22. The SMILES string of the molecule is Cc1ccc(S(=O)(=O)N=C2SN(c3ccc(N([O-])O)cc3)[S@@](=O)N2Cc2ccccc2)cc1. The molecule has 0 aliphatic carbocycles. The summed E-state index contributed by atoms with van der Waals surface area (Å²) >= 11 is -0.898. The normalized spacial score (nSPS) is 17.5. The molecule has 1 fully saturated rings. The Morgan fingerprint density at radius 3 is 2.27 bits per heavy atom. The second kappa shape index (κ2) is 9.53. The van der Waals surface area contributed by atoms with Crippen LogP contribution in [0.4, 0.5) is 11.4 Å². The maximum atomic E-state index is 13.4. The van der Waals surface area contributed by atoms with E-state index in [0.29, 0.717) is 5.69 Å². The number of benzene rings is 3. The van der Waals surface area contributed by atoms with Gasteiger partial charge in [-0.3, -0.25) is 5.21 Å². The second-order valence-corrected chi connectivity index (χ2v) is 11.1. The van der Waals surface area contributed by atoms with Crippen molar-refractivity contribution in [3.8, 4) is 0 Å². The predicted molar refractivity (Wildman–Crippen MR) is 130 cm³/mol. The first-order valence-electron chi connectivity index (χ1n) is 9.64. The number of hydrogen-bond donors (Lipinski definition) is 1. The van der Waals surface area contributed by atoms with Gasteiger partial charge in [-0.2, -0.15) is 8.42 Å². The van der Waals surface area contributed by atoms with Gasteiger partial charge in [-0.05, 0) is 48.9 Å². The average molecular weight is 504 g/mol. The summed E-state index contributed by atoms with van der Waals surface area (Å²) in [4.78, 5) is 0.0351. The molecule has 1 heterocycles. The van der Waals surface area contributed by atoms with Gasteiger partial charge in [0.2, 0.25) is 16.3 Å². The lowest BCUT2D eigenvalue weighted by molar-refractivity contribution is 0.296. The van der Waals surface area contributed by atoms with E-state index in [0.717, 1.165) is 23.1 Å². The summed E-state index contributed by atoms with van der Waals surface area (Å²) in [5.74, 6) is 0. The molecule has 3 aromatic rings. The van der Waals surface area contributed by atoms with Gasteiger partial charge in [0.1, 0.15) is 0 Å². The van der Waals surface area contributed by atoms with Crippen molar-refractivity contribution in [2.45, 2.75) is 18.4 Å². The number of anilines is 2. The topological polar surface area (TPSA) is 117 Å². The standard InChI is InChI=1S/C21H19N4O5S3/c1-16-7-13-20(14-8-16)33(29,30)22-21-23(15-17-5-3-2-4-6-17)32(28)25(31-21)19-11-9-18(10-12-19)24(26)27/h2-14,26H,15H2,1H3/q-1/t32-/m0/s1. The molecular formula is C21H19N4O5S3-. The Morgan fingerprint density at radius 2 is 1.67 bits per heavy atom. The van der Waals surface area contributed by atoms with Gasteiger partial charge in [-0.1, -0.05) is 48.0 Å². The van der Waals surface area contributed by atoms with E-state index in [9.17, 15) is 17.8 Å². The Bertz CT molecular complexity index is 1280. The van der Waals surface area contributed by atoms with Crippen molar-refractivity contribution in [2.24, 2.45) is 4.40 Å². The van der Waals surface area contributed by atoms with Crippen molar-refractivity contribution in [1.29, 1.82) is 0 Å². The zero-order valence-electron chi connectivity index (χ0n) is 17.3. The minimum atomic E-state index is -4.05. The monoisotopic (exact) mass is 503 g/mol. The van der Waals surface area contributed by atoms with Gasteiger partial charge in [-0.25, -0.2) is 12.2 Å². The molecule has 0 aromatic heterocycles. The van der Waals surface area contributed by atoms with Crippen LogP contribution in [0.15, 0.2) is 88.2 Å². The molecule has 0 bridgehead atoms. The third-order valence-corrected chi connectivity index (χ3v) is 8.82. The quantitative estimate of drug-likeness (QED) is 0.399. The molecule has 0 amide bonds. The van der Waals surface area contributed by atoms with Crippen LogP contribution in [0.3, 0.4) is 0 Å². The highest BCUT2D eigenvalue weighted by Gasteiger charge is 2.37. The fourth-order valence-corrected chi connectivity index (χ4v) is 6.76. The van der Waals surface area contributed by atoms with Crippen LogP contribution in [0.5, 0.6) is 0 Å². The molecule has 3 aromatic carbocycles. The van der Waals surface area contributed by atoms with Crippen molar-refractivity contribution in [3.05, 3.63) is 95.2 Å². The molecule has 172 valence electrons. The fourth-order valence-electron chi connectivity index (χ4n) is 2.95. The molecule has 1 N–H and O–H groups in total. The predicted octanol–water partition coefficient (Wildman–Crippen LogP) is 3.98. The zero-order valence-corrected chi connectivity index (χ0v) is 19.8. The number of sulfonamides is 1. The first-order valence-corrected chi connectivity index (χ1v) is 12.9. The van der Waals surface area contributed by atoms with E-state index >= 15 is 0 Å². The molecule has 1 saturated heterocycles. The van der Waals surface area contributed by atoms with Crippen LogP contribution in [0.2, 0.25) is 0 Å². The largest absolute Gasteiger partial charge is 0.733 e. The Morgan fingerprint density at radius 1 is 1.03 bits per heavy atom. The van der Waals surface area contributed by atoms with E-state index in [1.807, 2.05) is 37.3 Å². The molecule has 4 rings (SSSR count). The van der Waals surface area contributed by atoms with Crippen LogP contribution < -0.4 is 8.94 Å². The Kier molecular flexibility index (Phi) is 6.72. The summed E-state index contributed by atoms with van der Waals surface area (Å²) < 4.78 is 46.0. The van der Waals surface area contributed by atoms with Crippen molar-refractivity contribution in [2.75, 3.05) is 8.94 Å². The van der Waals surface area contributed by atoms with Crippen molar-refractivity contribution >= 4 is 49.7 Å². The lowest BCUT2D eigenvalue weighted by Crippen LogP contribution is -2.28. The highest BCUT2D eigenvalue weighted by molar-refractivity contribution is 8.26. The van der Waals surface area contributed by atoms with Gasteiger partial charge in [0.15, 0.2) is 0 Å². The van der Waals surface area contributed by atoms with Gasteiger partial charge < -0.3 is 10.4 Å². The van der Waals surface area contributed by atoms with Crippen molar-refractivity contribution < 1.29 is 17.8 Å². The maximum Gasteiger partial charge on any atom is 0.284 e. The second-order valence-electron chi connectivity index (χ2n) is 7.05. The number of amidine groups is 1. The van der Waals surface area contributed by atoms with Gasteiger partial charge in [0, 0.05) is 11.9 Å². The van der Waals surface area contributed by atoms with E-state index in [1.165, 1.54) is 44.4 Å². The Labute approximate surface area is 198 Å². The number of nitrogens with zero attached hydrogens (tertiary/aromatic N) is 4. The third-order valence-electron chi connectivity index (χ3n) is 4.68. The summed E-state index contributed by atoms with van der Waals surface area (Å²) in [7, 11) is -4.05. The average Bonchev–Trinajstić information content (AvgIpc) is 3.09. The Hall–Kier alpha value is -2.90. The van der Waals surface area contributed by atoms with Gasteiger partial charge >= 0.3 is 0 Å². The first-order chi connectivity index (χ1) is 15.7. The van der Waals surface area contributed by atoms with E-state index in [4.69, 9.17) is 5.21 Å². The smallest absolute Gasteiger partial charge is 0.284 e. The summed E-state index contributed by atoms with van der Waals surface area (Å²) in [5, 5.41) is 19.9. The van der Waals surface area contributed by atoms with Gasteiger partial charge in [0.25, 0.3) is 10.0 Å². The molecule has 0 spiro atoms. The molecule has 9 nitrogen and oxygen atoms in total. The van der Waals surface area contributed by atoms with E-state index < -0.39 is 21.2 Å². The van der Waals surface area contributed by atoms with Gasteiger partial charge in [0.05, 0.1) is 22.8 Å². The summed E-state index contributed by atoms with van der Waals surface area (Å²) in [6.07, 6.45) is 0. The minimum absolute atomic E-state index is 0.00529. The number of hydrogen-bond acceptors (Lipinski definition) is 7. The van der Waals surface area contributed by atoms with Crippen LogP contribution in [0, 0.1) is 12.1 Å². The molecule has 12 heteroatoms. The molecule has 1 atom stereocenters. The molecular weight excluding hydrogens is 484 g/mol. The highest BCUT2D eigenvalue weighted by atomic mass is 32.3. The fraction of sp³-hybridized carbons (Fsp3) is 0.0952. The van der Waals surface area contributed by atoms with E-state index in [-0.39, 0.29) is 27.5 Å². The van der Waals surface area contributed by atoms with Crippen molar-refractivity contribution in [3.63, 3.8) is 0 Å². The molecule has 33 heavy (non-hydrogen) atoms. The van der Waals surface area contributed by atoms with E-state index in [2.05, 4.69) is 4.40 Å². The van der Waals surface area contributed by atoms with Crippen molar-refractivity contribution in [1.82, 2.24) is 4.31 Å².